The second-order valence-corrected chi connectivity index (χ2v) is 8.24. The number of carbonyl (C=O) groups is 3. The summed E-state index contributed by atoms with van der Waals surface area (Å²) in [6.07, 6.45) is 2.74. The van der Waals surface area contributed by atoms with Gasteiger partial charge in [-0.1, -0.05) is 51.8 Å². The standard InChI is InChI=1S/C23H37N5O3/c1-5-7-13-24-23(31)28-15-14-27(16-18(28)4)21(29)20(17(3)6-2)26-22(30)25-19-11-9-8-10-12-19/h8-12,17-18,20H,5-7,13-16H2,1-4H3,(H,24,31)(H2,25,26,30). The Labute approximate surface area is 185 Å². The molecule has 0 radical (unpaired) electrons. The minimum Gasteiger partial charge on any atom is -0.338 e. The number of urea groups is 2. The van der Waals surface area contributed by atoms with Gasteiger partial charge in [0, 0.05) is 37.9 Å². The van der Waals surface area contributed by atoms with Crippen molar-refractivity contribution in [1.29, 1.82) is 0 Å². The highest BCUT2D eigenvalue weighted by molar-refractivity contribution is 5.94. The maximum atomic E-state index is 13.3. The molecule has 8 heteroatoms. The first kappa shape index (κ1) is 24.5. The van der Waals surface area contributed by atoms with Crippen LogP contribution in [0.2, 0.25) is 0 Å². The van der Waals surface area contributed by atoms with E-state index in [0.29, 0.717) is 31.9 Å². The van der Waals surface area contributed by atoms with Crippen molar-refractivity contribution in [3.8, 4) is 0 Å². The van der Waals surface area contributed by atoms with E-state index in [2.05, 4.69) is 22.9 Å². The van der Waals surface area contributed by atoms with Crippen LogP contribution < -0.4 is 16.0 Å². The number of nitrogens with one attached hydrogen (secondary N) is 3. The summed E-state index contributed by atoms with van der Waals surface area (Å²) in [5.41, 5.74) is 0.673. The number of rotatable bonds is 8. The molecule has 1 aromatic rings. The molecule has 0 saturated carbocycles. The highest BCUT2D eigenvalue weighted by Gasteiger charge is 2.35. The van der Waals surface area contributed by atoms with Crippen molar-refractivity contribution in [2.75, 3.05) is 31.5 Å². The van der Waals surface area contributed by atoms with E-state index in [-0.39, 0.29) is 23.9 Å². The molecule has 2 rings (SSSR count). The number of piperazine rings is 1. The molecule has 3 atom stereocenters. The van der Waals surface area contributed by atoms with Gasteiger partial charge >= 0.3 is 12.1 Å². The van der Waals surface area contributed by atoms with E-state index in [0.717, 1.165) is 19.3 Å². The number of hydrogen-bond acceptors (Lipinski definition) is 3. The Hall–Kier alpha value is -2.77. The molecule has 1 aromatic carbocycles. The van der Waals surface area contributed by atoms with E-state index in [1.54, 1.807) is 21.9 Å². The van der Waals surface area contributed by atoms with E-state index in [9.17, 15) is 14.4 Å². The lowest BCUT2D eigenvalue weighted by Gasteiger charge is -2.41. The number of hydrogen-bond donors (Lipinski definition) is 3. The first-order chi connectivity index (χ1) is 14.9. The maximum absolute atomic E-state index is 13.3. The summed E-state index contributed by atoms with van der Waals surface area (Å²) in [5, 5.41) is 8.59. The second kappa shape index (κ2) is 12.2. The molecule has 3 N–H and O–H groups in total. The Morgan fingerprint density at radius 2 is 1.84 bits per heavy atom. The first-order valence-electron chi connectivity index (χ1n) is 11.3. The molecule has 172 valence electrons. The van der Waals surface area contributed by atoms with Crippen LogP contribution >= 0.6 is 0 Å². The van der Waals surface area contributed by atoms with Gasteiger partial charge in [0.15, 0.2) is 0 Å². The van der Waals surface area contributed by atoms with Gasteiger partial charge in [-0.05, 0) is 31.4 Å². The Bertz CT molecular complexity index is 727. The summed E-state index contributed by atoms with van der Waals surface area (Å²) in [6, 6.07) is 7.97. The molecular weight excluding hydrogens is 394 g/mol. The van der Waals surface area contributed by atoms with Crippen LogP contribution in [0, 0.1) is 5.92 Å². The normalized spacial score (nSPS) is 18.1. The van der Waals surface area contributed by atoms with Crippen LogP contribution in [0.4, 0.5) is 15.3 Å². The largest absolute Gasteiger partial charge is 0.338 e. The third-order valence-electron chi connectivity index (χ3n) is 5.80. The summed E-state index contributed by atoms with van der Waals surface area (Å²) in [5.74, 6) is -0.116. The van der Waals surface area contributed by atoms with E-state index in [1.165, 1.54) is 0 Å². The van der Waals surface area contributed by atoms with Gasteiger partial charge in [-0.15, -0.1) is 0 Å². The number of para-hydroxylation sites is 1. The molecule has 1 heterocycles. The van der Waals surface area contributed by atoms with E-state index in [4.69, 9.17) is 0 Å². The van der Waals surface area contributed by atoms with Crippen molar-refractivity contribution < 1.29 is 14.4 Å². The molecule has 0 spiro atoms. The van der Waals surface area contributed by atoms with Crippen LogP contribution in [0.5, 0.6) is 0 Å². The van der Waals surface area contributed by atoms with E-state index >= 15 is 0 Å². The van der Waals surface area contributed by atoms with Gasteiger partial charge in [0.1, 0.15) is 6.04 Å². The quantitative estimate of drug-likeness (QED) is 0.552. The first-order valence-corrected chi connectivity index (χ1v) is 11.3. The van der Waals surface area contributed by atoms with Crippen LogP contribution in [-0.2, 0) is 4.79 Å². The molecule has 1 saturated heterocycles. The third kappa shape index (κ3) is 7.15. The minimum absolute atomic E-state index is 0.0142. The molecular formula is C23H37N5O3. The zero-order valence-corrected chi connectivity index (χ0v) is 19.2. The minimum atomic E-state index is -0.620. The molecule has 31 heavy (non-hydrogen) atoms. The fourth-order valence-corrected chi connectivity index (χ4v) is 3.64. The Kier molecular flexibility index (Phi) is 9.62. The Balaban J connectivity index is 1.97. The fraction of sp³-hybridized carbons (Fsp3) is 0.609. The smallest absolute Gasteiger partial charge is 0.319 e. The monoisotopic (exact) mass is 431 g/mol. The van der Waals surface area contributed by atoms with Gasteiger partial charge in [-0.3, -0.25) is 4.79 Å². The fourth-order valence-electron chi connectivity index (χ4n) is 3.64. The number of carbonyl (C=O) groups excluding carboxylic acids is 3. The summed E-state index contributed by atoms with van der Waals surface area (Å²) in [6.45, 7) is 10.1. The van der Waals surface area contributed by atoms with Crippen LogP contribution in [0.25, 0.3) is 0 Å². The van der Waals surface area contributed by atoms with Gasteiger partial charge in [0.25, 0.3) is 0 Å². The van der Waals surface area contributed by atoms with Crippen LogP contribution in [0.1, 0.15) is 47.0 Å². The summed E-state index contributed by atoms with van der Waals surface area (Å²) >= 11 is 0. The molecule has 0 aliphatic carbocycles. The van der Waals surface area contributed by atoms with Crippen molar-refractivity contribution in [3.05, 3.63) is 30.3 Å². The maximum Gasteiger partial charge on any atom is 0.319 e. The summed E-state index contributed by atoms with van der Waals surface area (Å²) in [7, 11) is 0. The van der Waals surface area contributed by atoms with E-state index in [1.807, 2.05) is 39.0 Å². The van der Waals surface area contributed by atoms with Crippen molar-refractivity contribution in [3.63, 3.8) is 0 Å². The lowest BCUT2D eigenvalue weighted by molar-refractivity contribution is -0.136. The zero-order chi connectivity index (χ0) is 22.8. The van der Waals surface area contributed by atoms with Gasteiger partial charge in [-0.2, -0.15) is 0 Å². The second-order valence-electron chi connectivity index (χ2n) is 8.24. The highest BCUT2D eigenvalue weighted by Crippen LogP contribution is 2.16. The topological polar surface area (TPSA) is 93.8 Å². The Morgan fingerprint density at radius 3 is 2.45 bits per heavy atom. The molecule has 1 aliphatic heterocycles. The summed E-state index contributed by atoms with van der Waals surface area (Å²) < 4.78 is 0. The number of benzene rings is 1. The number of unbranched alkanes of at least 4 members (excludes halogenated alkanes) is 1. The zero-order valence-electron chi connectivity index (χ0n) is 19.2. The molecule has 0 aromatic heterocycles. The van der Waals surface area contributed by atoms with Crippen molar-refractivity contribution in [2.24, 2.45) is 5.92 Å². The summed E-state index contributed by atoms with van der Waals surface area (Å²) in [4.78, 5) is 41.8. The molecule has 1 fully saturated rings. The number of anilines is 1. The third-order valence-corrected chi connectivity index (χ3v) is 5.80. The van der Waals surface area contributed by atoms with Crippen molar-refractivity contribution in [2.45, 2.75) is 59.0 Å². The predicted molar refractivity (Wildman–Crippen MR) is 123 cm³/mol. The lowest BCUT2D eigenvalue weighted by atomic mass is 9.97. The average Bonchev–Trinajstić information content (AvgIpc) is 2.77. The predicted octanol–water partition coefficient (Wildman–Crippen LogP) is 3.27. The average molecular weight is 432 g/mol. The van der Waals surface area contributed by atoms with Crippen molar-refractivity contribution in [1.82, 2.24) is 20.4 Å². The molecule has 0 bridgehead atoms. The number of amides is 5. The molecule has 3 unspecified atom stereocenters. The van der Waals surface area contributed by atoms with E-state index < -0.39 is 12.1 Å². The highest BCUT2D eigenvalue weighted by atomic mass is 16.2. The van der Waals surface area contributed by atoms with Gasteiger partial charge in [0.05, 0.1) is 0 Å². The van der Waals surface area contributed by atoms with Gasteiger partial charge < -0.3 is 25.8 Å². The number of nitrogens with zero attached hydrogens (tertiary/aromatic N) is 2. The van der Waals surface area contributed by atoms with Gasteiger partial charge in [0.2, 0.25) is 5.91 Å². The van der Waals surface area contributed by atoms with Crippen molar-refractivity contribution >= 4 is 23.7 Å². The molecule has 8 nitrogen and oxygen atoms in total. The SMILES string of the molecule is CCCCNC(=O)N1CCN(C(=O)C(NC(=O)Nc2ccccc2)C(C)CC)CC1C. The lowest BCUT2D eigenvalue weighted by Crippen LogP contribution is -2.61. The van der Waals surface area contributed by atoms with Crippen LogP contribution in [0.15, 0.2) is 30.3 Å². The van der Waals surface area contributed by atoms with Crippen LogP contribution in [0.3, 0.4) is 0 Å². The molecule has 5 amide bonds. The molecule has 1 aliphatic rings. The van der Waals surface area contributed by atoms with Gasteiger partial charge in [-0.25, -0.2) is 9.59 Å². The Morgan fingerprint density at radius 1 is 1.13 bits per heavy atom. The van der Waals surface area contributed by atoms with Crippen LogP contribution in [-0.4, -0.2) is 66.0 Å².